The summed E-state index contributed by atoms with van der Waals surface area (Å²) in [6.07, 6.45) is 5.30. The van der Waals surface area contributed by atoms with Gasteiger partial charge in [0.1, 0.15) is 12.1 Å². The summed E-state index contributed by atoms with van der Waals surface area (Å²) in [6, 6.07) is 0. The van der Waals surface area contributed by atoms with Crippen molar-refractivity contribution in [1.82, 2.24) is 0 Å². The Morgan fingerprint density at radius 3 is 2.56 bits per heavy atom. The van der Waals surface area contributed by atoms with Crippen LogP contribution in [0.4, 0.5) is 4.39 Å². The van der Waals surface area contributed by atoms with Crippen LogP contribution in [0.5, 0.6) is 0 Å². The van der Waals surface area contributed by atoms with Crippen molar-refractivity contribution < 1.29 is 9.18 Å². The molecule has 0 aliphatic heterocycles. The Morgan fingerprint density at radius 1 is 1.44 bits per heavy atom. The lowest BCUT2D eigenvalue weighted by molar-refractivity contribution is -0.104. The van der Waals surface area contributed by atoms with Gasteiger partial charge in [0.2, 0.25) is 0 Å². The van der Waals surface area contributed by atoms with Crippen molar-refractivity contribution in [3.63, 3.8) is 0 Å². The molecule has 0 aliphatic carbocycles. The highest BCUT2D eigenvalue weighted by Crippen LogP contribution is 1.95. The minimum Gasteiger partial charge on any atom is -0.299 e. The number of aldehydes is 1. The van der Waals surface area contributed by atoms with Crippen LogP contribution in [-0.4, -0.2) is 6.29 Å². The molecule has 0 heterocycles. The largest absolute Gasteiger partial charge is 0.299 e. The standard InChI is InChI=1S/C7H7FO/c1-2-7(8)5-3-4-6-9/h2-6H,1H2/b4-3+,7-5+. The first-order valence-electron chi connectivity index (χ1n) is 2.41. The minimum atomic E-state index is -0.451. The maximum absolute atomic E-state index is 12.0. The number of carbonyl (C=O) groups excluding carboxylic acids is 1. The molecule has 0 N–H and O–H groups in total. The van der Waals surface area contributed by atoms with Crippen LogP contribution in [0.15, 0.2) is 36.7 Å². The Bertz CT molecular complexity index is 156. The zero-order valence-corrected chi connectivity index (χ0v) is 4.88. The fourth-order valence-corrected chi connectivity index (χ4v) is 0.261. The lowest BCUT2D eigenvalue weighted by Gasteiger charge is -1.76. The van der Waals surface area contributed by atoms with E-state index < -0.39 is 5.83 Å². The van der Waals surface area contributed by atoms with Crippen molar-refractivity contribution in [1.29, 1.82) is 0 Å². The van der Waals surface area contributed by atoms with Gasteiger partial charge in [0.25, 0.3) is 0 Å². The molecule has 0 atom stereocenters. The molecule has 0 rings (SSSR count). The molecule has 0 saturated carbocycles. The second-order valence-corrected chi connectivity index (χ2v) is 1.28. The van der Waals surface area contributed by atoms with Gasteiger partial charge in [0, 0.05) is 0 Å². The molecule has 0 unspecified atom stereocenters. The van der Waals surface area contributed by atoms with E-state index in [4.69, 9.17) is 0 Å². The van der Waals surface area contributed by atoms with Crippen LogP contribution in [-0.2, 0) is 4.79 Å². The Morgan fingerprint density at radius 2 is 2.11 bits per heavy atom. The number of hydrogen-bond acceptors (Lipinski definition) is 1. The van der Waals surface area contributed by atoms with Gasteiger partial charge in [-0.05, 0) is 18.2 Å². The molecule has 0 saturated heterocycles. The van der Waals surface area contributed by atoms with Gasteiger partial charge in [-0.2, -0.15) is 0 Å². The van der Waals surface area contributed by atoms with Crippen LogP contribution in [0.2, 0.25) is 0 Å². The molecular formula is C7H7FO. The molecule has 0 aromatic heterocycles. The monoisotopic (exact) mass is 126 g/mol. The van der Waals surface area contributed by atoms with E-state index in [-0.39, 0.29) is 0 Å². The molecule has 0 fully saturated rings. The maximum atomic E-state index is 12.0. The number of carbonyl (C=O) groups is 1. The number of halogens is 1. The zero-order valence-electron chi connectivity index (χ0n) is 4.88. The average molecular weight is 126 g/mol. The van der Waals surface area contributed by atoms with E-state index >= 15 is 0 Å². The second-order valence-electron chi connectivity index (χ2n) is 1.28. The summed E-state index contributed by atoms with van der Waals surface area (Å²) >= 11 is 0. The Hall–Kier alpha value is -1.18. The van der Waals surface area contributed by atoms with Gasteiger partial charge in [-0.25, -0.2) is 4.39 Å². The van der Waals surface area contributed by atoms with E-state index in [0.717, 1.165) is 12.2 Å². The topological polar surface area (TPSA) is 17.1 Å². The molecule has 0 aromatic rings. The van der Waals surface area contributed by atoms with Crippen LogP contribution >= 0.6 is 0 Å². The molecule has 0 amide bonds. The fourth-order valence-electron chi connectivity index (χ4n) is 0.261. The second kappa shape index (κ2) is 4.97. The number of rotatable bonds is 3. The van der Waals surface area contributed by atoms with Gasteiger partial charge in [-0.15, -0.1) is 0 Å². The van der Waals surface area contributed by atoms with Gasteiger partial charge in [0.15, 0.2) is 0 Å². The summed E-state index contributed by atoms with van der Waals surface area (Å²) in [5, 5.41) is 0. The Labute approximate surface area is 53.2 Å². The summed E-state index contributed by atoms with van der Waals surface area (Å²) in [4.78, 5) is 9.61. The number of hydrogen-bond donors (Lipinski definition) is 0. The summed E-state index contributed by atoms with van der Waals surface area (Å²) in [6.45, 7) is 3.17. The first-order valence-corrected chi connectivity index (χ1v) is 2.41. The van der Waals surface area contributed by atoms with Crippen LogP contribution in [0.3, 0.4) is 0 Å². The third-order valence-corrected chi connectivity index (χ3v) is 0.640. The van der Waals surface area contributed by atoms with Crippen molar-refractivity contribution in [3.8, 4) is 0 Å². The molecule has 0 aliphatic rings. The molecule has 0 spiro atoms. The number of allylic oxidation sites excluding steroid dienone is 5. The quantitative estimate of drug-likeness (QED) is 0.320. The molecule has 9 heavy (non-hydrogen) atoms. The van der Waals surface area contributed by atoms with E-state index in [1.165, 1.54) is 12.2 Å². The molecule has 0 bridgehead atoms. The van der Waals surface area contributed by atoms with E-state index in [2.05, 4.69) is 6.58 Å². The van der Waals surface area contributed by atoms with E-state index in [0.29, 0.717) is 6.29 Å². The van der Waals surface area contributed by atoms with Crippen LogP contribution < -0.4 is 0 Å². The maximum Gasteiger partial charge on any atom is 0.142 e. The van der Waals surface area contributed by atoms with Crippen molar-refractivity contribution in [2.45, 2.75) is 0 Å². The lowest BCUT2D eigenvalue weighted by Crippen LogP contribution is -1.61. The van der Waals surface area contributed by atoms with Gasteiger partial charge in [-0.1, -0.05) is 12.7 Å². The van der Waals surface area contributed by atoms with Gasteiger partial charge >= 0.3 is 0 Å². The van der Waals surface area contributed by atoms with Crippen molar-refractivity contribution in [3.05, 3.63) is 36.7 Å². The Balaban J connectivity index is 3.81. The third kappa shape index (κ3) is 4.68. The van der Waals surface area contributed by atoms with Gasteiger partial charge in [0.05, 0.1) is 0 Å². The van der Waals surface area contributed by atoms with E-state index in [1.54, 1.807) is 0 Å². The average Bonchev–Trinajstić information content (AvgIpc) is 1.89. The van der Waals surface area contributed by atoms with Gasteiger partial charge < -0.3 is 0 Å². The lowest BCUT2D eigenvalue weighted by atomic mass is 10.4. The summed E-state index contributed by atoms with van der Waals surface area (Å²) < 4.78 is 12.0. The smallest absolute Gasteiger partial charge is 0.142 e. The van der Waals surface area contributed by atoms with Crippen molar-refractivity contribution in [2.75, 3.05) is 0 Å². The normalized spacial score (nSPS) is 11.9. The Kier molecular flexibility index (Phi) is 4.32. The van der Waals surface area contributed by atoms with Crippen LogP contribution in [0.25, 0.3) is 0 Å². The first-order chi connectivity index (χ1) is 4.31. The third-order valence-electron chi connectivity index (χ3n) is 0.640. The molecule has 2 heteroatoms. The van der Waals surface area contributed by atoms with E-state index in [1.807, 2.05) is 0 Å². The summed E-state index contributed by atoms with van der Waals surface area (Å²) in [5.74, 6) is -0.451. The summed E-state index contributed by atoms with van der Waals surface area (Å²) in [7, 11) is 0. The van der Waals surface area contributed by atoms with Crippen molar-refractivity contribution >= 4 is 6.29 Å². The predicted molar refractivity (Wildman–Crippen MR) is 34.6 cm³/mol. The molecule has 1 nitrogen and oxygen atoms in total. The summed E-state index contributed by atoms with van der Waals surface area (Å²) in [5.41, 5.74) is 0. The predicted octanol–water partition coefficient (Wildman–Crippen LogP) is 1.78. The molecule has 0 radical (unpaired) electrons. The highest BCUT2D eigenvalue weighted by molar-refractivity contribution is 5.65. The van der Waals surface area contributed by atoms with Crippen molar-refractivity contribution in [2.24, 2.45) is 0 Å². The van der Waals surface area contributed by atoms with E-state index in [9.17, 15) is 9.18 Å². The van der Waals surface area contributed by atoms with Crippen LogP contribution in [0, 0.1) is 0 Å². The fraction of sp³-hybridized carbons (Fsp3) is 0. The SMILES string of the molecule is C=C/C(F)=C\C=C\C=O. The molecule has 0 aromatic carbocycles. The first kappa shape index (κ1) is 7.82. The zero-order chi connectivity index (χ0) is 7.11. The van der Waals surface area contributed by atoms with Crippen LogP contribution in [0.1, 0.15) is 0 Å². The highest BCUT2D eigenvalue weighted by Gasteiger charge is 1.77. The van der Waals surface area contributed by atoms with Gasteiger partial charge in [-0.3, -0.25) is 4.79 Å². The molecular weight excluding hydrogens is 119 g/mol. The highest BCUT2D eigenvalue weighted by atomic mass is 19.1. The minimum absolute atomic E-state index is 0.451. The molecule has 48 valence electrons.